The summed E-state index contributed by atoms with van der Waals surface area (Å²) in [6, 6.07) is 8.57. The first-order valence-corrected chi connectivity index (χ1v) is 6.56. The minimum absolute atomic E-state index is 0.165. The molecule has 3 rings (SSSR count). The van der Waals surface area contributed by atoms with Crippen molar-refractivity contribution in [2.75, 3.05) is 0 Å². The standard InChI is InChI=1S/C15H19N3/c1-2-18-8-7-17-14(18)11-15(16)9-12-5-3-4-6-13(12)10-15/h3-8H,2,9-11,16H2,1H3. The van der Waals surface area contributed by atoms with Gasteiger partial charge in [0.15, 0.2) is 0 Å². The summed E-state index contributed by atoms with van der Waals surface area (Å²) in [7, 11) is 0. The molecule has 0 spiro atoms. The van der Waals surface area contributed by atoms with Crippen LogP contribution in [0.5, 0.6) is 0 Å². The summed E-state index contributed by atoms with van der Waals surface area (Å²) in [5.74, 6) is 1.10. The topological polar surface area (TPSA) is 43.8 Å². The van der Waals surface area contributed by atoms with Gasteiger partial charge in [-0.2, -0.15) is 0 Å². The van der Waals surface area contributed by atoms with Gasteiger partial charge in [0, 0.05) is 30.9 Å². The molecule has 3 heteroatoms. The van der Waals surface area contributed by atoms with E-state index in [1.165, 1.54) is 11.1 Å². The van der Waals surface area contributed by atoms with E-state index < -0.39 is 0 Å². The van der Waals surface area contributed by atoms with Gasteiger partial charge in [0.05, 0.1) is 0 Å². The second kappa shape index (κ2) is 4.25. The number of fused-ring (bicyclic) bond motifs is 1. The SMILES string of the molecule is CCn1ccnc1CC1(N)Cc2ccccc2C1. The highest BCUT2D eigenvalue weighted by molar-refractivity contribution is 5.36. The van der Waals surface area contributed by atoms with Gasteiger partial charge in [0.1, 0.15) is 5.82 Å². The van der Waals surface area contributed by atoms with Crippen molar-refractivity contribution in [3.63, 3.8) is 0 Å². The number of benzene rings is 1. The molecule has 0 saturated carbocycles. The normalized spacial score (nSPS) is 16.8. The first kappa shape index (κ1) is 11.5. The predicted octanol–water partition coefficient (Wildman–Crippen LogP) is 1.94. The van der Waals surface area contributed by atoms with Gasteiger partial charge < -0.3 is 10.3 Å². The molecule has 94 valence electrons. The fourth-order valence-electron chi connectivity index (χ4n) is 2.96. The molecule has 0 aliphatic heterocycles. The predicted molar refractivity (Wildman–Crippen MR) is 72.4 cm³/mol. The zero-order chi connectivity index (χ0) is 12.6. The summed E-state index contributed by atoms with van der Waals surface area (Å²) in [6.45, 7) is 3.09. The maximum Gasteiger partial charge on any atom is 0.110 e. The number of nitrogens with two attached hydrogens (primary N) is 1. The van der Waals surface area contributed by atoms with E-state index in [9.17, 15) is 0 Å². The van der Waals surface area contributed by atoms with Crippen LogP contribution >= 0.6 is 0 Å². The quantitative estimate of drug-likeness (QED) is 0.892. The molecular formula is C15H19N3. The molecule has 2 aromatic rings. The van der Waals surface area contributed by atoms with Crippen molar-refractivity contribution in [3.05, 3.63) is 53.6 Å². The Kier molecular flexibility index (Phi) is 2.71. The zero-order valence-electron chi connectivity index (χ0n) is 10.8. The summed E-state index contributed by atoms with van der Waals surface area (Å²) >= 11 is 0. The highest BCUT2D eigenvalue weighted by Gasteiger charge is 2.34. The number of imidazole rings is 1. The van der Waals surface area contributed by atoms with E-state index in [4.69, 9.17) is 5.73 Å². The summed E-state index contributed by atoms with van der Waals surface area (Å²) in [5, 5.41) is 0. The van der Waals surface area contributed by atoms with Crippen LogP contribution in [0.1, 0.15) is 23.9 Å². The van der Waals surface area contributed by atoms with Crippen molar-refractivity contribution in [2.24, 2.45) is 5.73 Å². The van der Waals surface area contributed by atoms with E-state index in [2.05, 4.69) is 40.7 Å². The first-order chi connectivity index (χ1) is 8.70. The van der Waals surface area contributed by atoms with Gasteiger partial charge in [0.2, 0.25) is 0 Å². The largest absolute Gasteiger partial charge is 0.335 e. The van der Waals surface area contributed by atoms with Crippen LogP contribution in [-0.2, 0) is 25.8 Å². The molecule has 3 nitrogen and oxygen atoms in total. The monoisotopic (exact) mass is 241 g/mol. The highest BCUT2D eigenvalue weighted by Crippen LogP contribution is 2.30. The lowest BCUT2D eigenvalue weighted by Gasteiger charge is -2.23. The van der Waals surface area contributed by atoms with Gasteiger partial charge >= 0.3 is 0 Å². The molecule has 1 aliphatic rings. The number of hydrogen-bond acceptors (Lipinski definition) is 2. The van der Waals surface area contributed by atoms with Crippen molar-refractivity contribution < 1.29 is 0 Å². The molecule has 0 saturated heterocycles. The van der Waals surface area contributed by atoms with Gasteiger partial charge in [-0.1, -0.05) is 24.3 Å². The van der Waals surface area contributed by atoms with Gasteiger partial charge in [-0.3, -0.25) is 0 Å². The van der Waals surface area contributed by atoms with Crippen molar-refractivity contribution >= 4 is 0 Å². The lowest BCUT2D eigenvalue weighted by molar-refractivity contribution is 0.427. The van der Waals surface area contributed by atoms with Crippen LogP contribution in [0.2, 0.25) is 0 Å². The smallest absolute Gasteiger partial charge is 0.110 e. The number of aryl methyl sites for hydroxylation is 1. The average Bonchev–Trinajstić information content (AvgIpc) is 2.91. The summed E-state index contributed by atoms with van der Waals surface area (Å²) in [4.78, 5) is 4.44. The lowest BCUT2D eigenvalue weighted by atomic mass is 9.92. The molecule has 0 amide bonds. The van der Waals surface area contributed by atoms with Crippen molar-refractivity contribution in [1.29, 1.82) is 0 Å². The van der Waals surface area contributed by atoms with Crippen LogP contribution in [-0.4, -0.2) is 15.1 Å². The Morgan fingerprint density at radius 2 is 1.94 bits per heavy atom. The van der Waals surface area contributed by atoms with E-state index in [0.717, 1.165) is 31.6 Å². The number of hydrogen-bond donors (Lipinski definition) is 1. The molecule has 0 atom stereocenters. The van der Waals surface area contributed by atoms with Crippen molar-refractivity contribution in [2.45, 2.75) is 38.3 Å². The molecule has 1 heterocycles. The summed E-state index contributed by atoms with van der Waals surface area (Å²) in [6.07, 6.45) is 6.66. The molecule has 2 N–H and O–H groups in total. The Morgan fingerprint density at radius 1 is 1.28 bits per heavy atom. The minimum Gasteiger partial charge on any atom is -0.335 e. The summed E-state index contributed by atoms with van der Waals surface area (Å²) in [5.41, 5.74) is 9.20. The fraction of sp³-hybridized carbons (Fsp3) is 0.400. The number of rotatable bonds is 3. The van der Waals surface area contributed by atoms with Gasteiger partial charge in [-0.15, -0.1) is 0 Å². The molecule has 18 heavy (non-hydrogen) atoms. The average molecular weight is 241 g/mol. The van der Waals surface area contributed by atoms with Crippen molar-refractivity contribution in [3.8, 4) is 0 Å². The number of nitrogens with zero attached hydrogens (tertiary/aromatic N) is 2. The van der Waals surface area contributed by atoms with Crippen LogP contribution in [0.15, 0.2) is 36.7 Å². The Labute approximate surface area is 108 Å². The molecule has 1 aliphatic carbocycles. The molecule has 0 radical (unpaired) electrons. The molecule has 1 aromatic carbocycles. The Bertz CT molecular complexity index is 531. The van der Waals surface area contributed by atoms with E-state index in [1.54, 1.807) is 0 Å². The molecule has 0 unspecified atom stereocenters. The second-order valence-corrected chi connectivity index (χ2v) is 5.29. The van der Waals surface area contributed by atoms with Gasteiger partial charge in [-0.05, 0) is 30.9 Å². The maximum atomic E-state index is 6.57. The van der Waals surface area contributed by atoms with Crippen LogP contribution in [0, 0.1) is 0 Å². The first-order valence-electron chi connectivity index (χ1n) is 6.56. The van der Waals surface area contributed by atoms with E-state index >= 15 is 0 Å². The third-order valence-corrected chi connectivity index (χ3v) is 3.86. The van der Waals surface area contributed by atoms with Crippen LogP contribution < -0.4 is 5.73 Å². The van der Waals surface area contributed by atoms with Crippen LogP contribution in [0.25, 0.3) is 0 Å². The molecule has 0 fully saturated rings. The van der Waals surface area contributed by atoms with Gasteiger partial charge in [-0.25, -0.2) is 4.98 Å². The van der Waals surface area contributed by atoms with Gasteiger partial charge in [0.25, 0.3) is 0 Å². The Hall–Kier alpha value is -1.61. The van der Waals surface area contributed by atoms with E-state index in [0.29, 0.717) is 0 Å². The number of aromatic nitrogens is 2. The zero-order valence-corrected chi connectivity index (χ0v) is 10.8. The lowest BCUT2D eigenvalue weighted by Crippen LogP contribution is -2.43. The Morgan fingerprint density at radius 3 is 2.56 bits per heavy atom. The third-order valence-electron chi connectivity index (χ3n) is 3.86. The second-order valence-electron chi connectivity index (χ2n) is 5.29. The molecular weight excluding hydrogens is 222 g/mol. The summed E-state index contributed by atoms with van der Waals surface area (Å²) < 4.78 is 2.18. The maximum absolute atomic E-state index is 6.57. The Balaban J connectivity index is 1.83. The third kappa shape index (κ3) is 1.95. The van der Waals surface area contributed by atoms with Crippen LogP contribution in [0.3, 0.4) is 0 Å². The van der Waals surface area contributed by atoms with Crippen molar-refractivity contribution in [1.82, 2.24) is 9.55 Å². The molecule has 0 bridgehead atoms. The molecule has 1 aromatic heterocycles. The highest BCUT2D eigenvalue weighted by atomic mass is 15.1. The fourth-order valence-corrected chi connectivity index (χ4v) is 2.96. The van der Waals surface area contributed by atoms with E-state index in [1.807, 2.05) is 12.4 Å². The van der Waals surface area contributed by atoms with E-state index in [-0.39, 0.29) is 5.54 Å². The minimum atomic E-state index is -0.165. The van der Waals surface area contributed by atoms with Crippen LogP contribution in [0.4, 0.5) is 0 Å².